The Kier molecular flexibility index (Phi) is 8.04. The fourth-order valence-electron chi connectivity index (χ4n) is 2.46. The maximum atomic E-state index is 12.3. The van der Waals surface area contributed by atoms with Crippen LogP contribution in [0.4, 0.5) is 5.69 Å². The molecule has 0 aliphatic heterocycles. The van der Waals surface area contributed by atoms with Gasteiger partial charge in [-0.1, -0.05) is 35.3 Å². The van der Waals surface area contributed by atoms with Gasteiger partial charge in [-0.3, -0.25) is 4.79 Å². The lowest BCUT2D eigenvalue weighted by Gasteiger charge is -2.18. The van der Waals surface area contributed by atoms with Crippen molar-refractivity contribution in [3.05, 3.63) is 52.5 Å². The molecule has 0 radical (unpaired) electrons. The molecule has 0 heterocycles. The maximum Gasteiger partial charge on any atom is 0.279 e. The van der Waals surface area contributed by atoms with Crippen molar-refractivity contribution in [3.63, 3.8) is 0 Å². The number of benzene rings is 2. The summed E-state index contributed by atoms with van der Waals surface area (Å²) < 4.78 is 10.9. The molecule has 1 unspecified atom stereocenters. The van der Waals surface area contributed by atoms with Gasteiger partial charge in [0, 0.05) is 5.02 Å². The summed E-state index contributed by atoms with van der Waals surface area (Å²) in [5, 5.41) is 3.93. The Morgan fingerprint density at radius 3 is 2.62 bits per heavy atom. The highest BCUT2D eigenvalue weighted by Gasteiger charge is 2.14. The first kappa shape index (κ1) is 20.4. The van der Waals surface area contributed by atoms with Crippen molar-refractivity contribution in [2.24, 2.45) is 0 Å². The van der Waals surface area contributed by atoms with Gasteiger partial charge in [0.2, 0.25) is 0 Å². The first-order chi connectivity index (χ1) is 12.5. The van der Waals surface area contributed by atoms with E-state index in [4.69, 9.17) is 32.7 Å². The van der Waals surface area contributed by atoms with Crippen LogP contribution in [0.2, 0.25) is 10.0 Å². The summed E-state index contributed by atoms with van der Waals surface area (Å²) >= 11 is 12.0. The summed E-state index contributed by atoms with van der Waals surface area (Å²) in [6.07, 6.45) is 0. The Bertz CT molecular complexity index is 740. The second kappa shape index (κ2) is 10.3. The number of carbonyl (C=O) groups excluding carboxylic acids is 1. The van der Waals surface area contributed by atoms with E-state index in [9.17, 15) is 4.79 Å². The molecule has 1 amide bonds. The van der Waals surface area contributed by atoms with Crippen LogP contribution in [-0.2, 0) is 4.79 Å². The molecule has 5 nitrogen and oxygen atoms in total. The van der Waals surface area contributed by atoms with Crippen LogP contribution in [0.25, 0.3) is 0 Å². The van der Waals surface area contributed by atoms with Crippen molar-refractivity contribution in [2.45, 2.75) is 6.92 Å². The molecule has 0 saturated carbocycles. The Morgan fingerprint density at radius 1 is 1.15 bits per heavy atom. The van der Waals surface area contributed by atoms with Crippen LogP contribution in [0.5, 0.6) is 11.5 Å². The van der Waals surface area contributed by atoms with Crippen LogP contribution in [0.15, 0.2) is 42.5 Å². The van der Waals surface area contributed by atoms with E-state index in [-0.39, 0.29) is 5.91 Å². The van der Waals surface area contributed by atoms with E-state index < -0.39 is 0 Å². The standard InChI is InChI=1S/C19H22Cl2N2O3/c1-3-23(10-11-26-17-9-8-14(20)12-15(17)21)13-19(24)22-16-6-4-5-7-18(16)25-2/h4-9,12H,3,10-11,13H2,1-2H3,(H,22,24)/p+1. The molecular formula is C19H23Cl2N2O3+. The number of carbonyl (C=O) groups is 1. The highest BCUT2D eigenvalue weighted by atomic mass is 35.5. The highest BCUT2D eigenvalue weighted by molar-refractivity contribution is 6.35. The first-order valence-corrected chi connectivity index (χ1v) is 9.13. The quantitative estimate of drug-likeness (QED) is 0.683. The van der Waals surface area contributed by atoms with E-state index in [1.54, 1.807) is 25.3 Å². The molecule has 2 N–H and O–H groups in total. The number of hydrogen-bond donors (Lipinski definition) is 2. The molecule has 2 rings (SSSR count). The zero-order valence-corrected chi connectivity index (χ0v) is 16.4. The zero-order valence-electron chi connectivity index (χ0n) is 14.9. The smallest absolute Gasteiger partial charge is 0.279 e. The minimum Gasteiger partial charge on any atom is -0.495 e. The number of amides is 1. The molecule has 0 saturated heterocycles. The summed E-state index contributed by atoms with van der Waals surface area (Å²) in [5.74, 6) is 1.15. The summed E-state index contributed by atoms with van der Waals surface area (Å²) in [7, 11) is 1.58. The van der Waals surface area contributed by atoms with E-state index in [0.29, 0.717) is 46.9 Å². The molecule has 1 atom stereocenters. The molecule has 26 heavy (non-hydrogen) atoms. The molecule has 2 aromatic carbocycles. The minimum atomic E-state index is -0.0733. The van der Waals surface area contributed by atoms with Gasteiger partial charge in [0.25, 0.3) is 5.91 Å². The van der Waals surface area contributed by atoms with Gasteiger partial charge >= 0.3 is 0 Å². The number of hydrogen-bond acceptors (Lipinski definition) is 3. The van der Waals surface area contributed by atoms with Crippen molar-refractivity contribution >= 4 is 34.8 Å². The molecule has 0 aliphatic rings. The molecule has 140 valence electrons. The second-order valence-electron chi connectivity index (χ2n) is 5.70. The Morgan fingerprint density at radius 2 is 1.92 bits per heavy atom. The average molecular weight is 398 g/mol. The molecule has 0 fully saturated rings. The van der Waals surface area contributed by atoms with Gasteiger partial charge in [-0.15, -0.1) is 0 Å². The van der Waals surface area contributed by atoms with Crippen molar-refractivity contribution in [1.82, 2.24) is 0 Å². The Hall–Kier alpha value is -1.95. The summed E-state index contributed by atoms with van der Waals surface area (Å²) in [4.78, 5) is 13.4. The average Bonchev–Trinajstić information content (AvgIpc) is 2.63. The van der Waals surface area contributed by atoms with Crippen LogP contribution in [0.1, 0.15) is 6.92 Å². The molecule has 2 aromatic rings. The predicted molar refractivity (Wildman–Crippen MR) is 105 cm³/mol. The van der Waals surface area contributed by atoms with Crippen molar-refractivity contribution in [3.8, 4) is 11.5 Å². The monoisotopic (exact) mass is 397 g/mol. The van der Waals surface area contributed by atoms with Gasteiger partial charge in [0.1, 0.15) is 24.7 Å². The number of nitrogens with one attached hydrogen (secondary N) is 2. The van der Waals surface area contributed by atoms with Gasteiger partial charge in [0.15, 0.2) is 6.54 Å². The maximum absolute atomic E-state index is 12.3. The third-order valence-corrected chi connectivity index (χ3v) is 4.43. The fraction of sp³-hybridized carbons (Fsp3) is 0.316. The highest BCUT2D eigenvalue weighted by Crippen LogP contribution is 2.27. The molecule has 0 bridgehead atoms. The largest absolute Gasteiger partial charge is 0.495 e. The number of anilines is 1. The summed E-state index contributed by atoms with van der Waals surface area (Å²) in [6.45, 7) is 4.30. The fourth-order valence-corrected chi connectivity index (χ4v) is 2.92. The number of rotatable bonds is 9. The third kappa shape index (κ3) is 6.09. The molecule has 0 aromatic heterocycles. The minimum absolute atomic E-state index is 0.0733. The lowest BCUT2D eigenvalue weighted by atomic mass is 10.3. The lowest BCUT2D eigenvalue weighted by Crippen LogP contribution is -3.13. The van der Waals surface area contributed by atoms with Gasteiger partial charge in [-0.25, -0.2) is 0 Å². The van der Waals surface area contributed by atoms with E-state index in [1.807, 2.05) is 31.2 Å². The van der Waals surface area contributed by atoms with Crippen LogP contribution in [-0.4, -0.2) is 39.3 Å². The topological polar surface area (TPSA) is 52.0 Å². The third-order valence-electron chi connectivity index (χ3n) is 3.90. The van der Waals surface area contributed by atoms with Crippen LogP contribution >= 0.6 is 23.2 Å². The van der Waals surface area contributed by atoms with E-state index >= 15 is 0 Å². The number of halogens is 2. The van der Waals surface area contributed by atoms with Crippen molar-refractivity contribution in [2.75, 3.05) is 38.7 Å². The van der Waals surface area contributed by atoms with E-state index in [2.05, 4.69) is 5.32 Å². The number of likely N-dealkylation sites (N-methyl/N-ethyl adjacent to an activating group) is 1. The van der Waals surface area contributed by atoms with Crippen molar-refractivity contribution in [1.29, 1.82) is 0 Å². The molecule has 7 heteroatoms. The molecular weight excluding hydrogens is 375 g/mol. The van der Waals surface area contributed by atoms with Crippen LogP contribution in [0, 0.1) is 0 Å². The van der Waals surface area contributed by atoms with Gasteiger partial charge in [0.05, 0.1) is 24.4 Å². The Balaban J connectivity index is 1.83. The van der Waals surface area contributed by atoms with Crippen LogP contribution < -0.4 is 19.7 Å². The van der Waals surface area contributed by atoms with E-state index in [0.717, 1.165) is 11.4 Å². The number of ether oxygens (including phenoxy) is 2. The normalized spacial score (nSPS) is 11.7. The SMILES string of the molecule is CC[NH+](CCOc1ccc(Cl)cc1Cl)CC(=O)Nc1ccccc1OC. The lowest BCUT2D eigenvalue weighted by molar-refractivity contribution is -0.889. The van der Waals surface area contributed by atoms with E-state index in [1.165, 1.54) is 0 Å². The van der Waals surface area contributed by atoms with Gasteiger partial charge in [-0.2, -0.15) is 0 Å². The van der Waals surface area contributed by atoms with Crippen molar-refractivity contribution < 1.29 is 19.2 Å². The summed E-state index contributed by atoms with van der Waals surface area (Å²) in [6, 6.07) is 12.4. The predicted octanol–water partition coefficient (Wildman–Crippen LogP) is 2.92. The number of methoxy groups -OCH3 is 1. The number of quaternary nitrogens is 1. The molecule has 0 aliphatic carbocycles. The Labute approximate surface area is 163 Å². The second-order valence-corrected chi connectivity index (χ2v) is 6.55. The first-order valence-electron chi connectivity index (χ1n) is 8.37. The summed E-state index contributed by atoms with van der Waals surface area (Å²) in [5.41, 5.74) is 0.666. The zero-order chi connectivity index (χ0) is 18.9. The molecule has 0 spiro atoms. The number of para-hydroxylation sites is 2. The van der Waals surface area contributed by atoms with Crippen LogP contribution in [0.3, 0.4) is 0 Å². The van der Waals surface area contributed by atoms with Gasteiger partial charge < -0.3 is 19.7 Å². The van der Waals surface area contributed by atoms with Gasteiger partial charge in [-0.05, 0) is 37.3 Å².